The molecule has 0 aromatic carbocycles. The minimum atomic E-state index is 0.811. The van der Waals surface area contributed by atoms with Crippen molar-refractivity contribution in [1.29, 1.82) is 0 Å². The predicted molar refractivity (Wildman–Crippen MR) is 60.5 cm³/mol. The highest BCUT2D eigenvalue weighted by atomic mass is 15.2. The molecule has 1 saturated carbocycles. The number of hydrogen-bond acceptors (Lipinski definition) is 2. The van der Waals surface area contributed by atoms with E-state index in [4.69, 9.17) is 0 Å². The van der Waals surface area contributed by atoms with Gasteiger partial charge in [-0.2, -0.15) is 0 Å². The van der Waals surface area contributed by atoms with Gasteiger partial charge in [0.1, 0.15) is 0 Å². The molecule has 2 rings (SSSR count). The standard InChI is InChI=1S/C12H24N2/c1-10-5-6-11(8-10)13-9-12-4-3-7-14(12)2/h10-13H,3-9H2,1-2H3. The smallest absolute Gasteiger partial charge is 0.0218 e. The Morgan fingerprint density at radius 3 is 2.71 bits per heavy atom. The summed E-state index contributed by atoms with van der Waals surface area (Å²) in [5.41, 5.74) is 0. The number of nitrogens with one attached hydrogen (secondary N) is 1. The average Bonchev–Trinajstić information content (AvgIpc) is 2.72. The van der Waals surface area contributed by atoms with Crippen molar-refractivity contribution in [2.45, 2.75) is 51.1 Å². The van der Waals surface area contributed by atoms with E-state index in [-0.39, 0.29) is 0 Å². The predicted octanol–water partition coefficient (Wildman–Crippen LogP) is 1.86. The topological polar surface area (TPSA) is 15.3 Å². The maximum Gasteiger partial charge on any atom is 0.0218 e. The molecule has 2 heteroatoms. The van der Waals surface area contributed by atoms with Crippen LogP contribution in [0.25, 0.3) is 0 Å². The van der Waals surface area contributed by atoms with Gasteiger partial charge < -0.3 is 10.2 Å². The molecule has 1 aliphatic heterocycles. The van der Waals surface area contributed by atoms with E-state index in [0.717, 1.165) is 18.0 Å². The normalized spacial score (nSPS) is 39.4. The summed E-state index contributed by atoms with van der Waals surface area (Å²) >= 11 is 0. The van der Waals surface area contributed by atoms with Crippen LogP contribution in [0.1, 0.15) is 39.0 Å². The number of likely N-dealkylation sites (N-methyl/N-ethyl adjacent to an activating group) is 1. The zero-order valence-corrected chi connectivity index (χ0v) is 9.63. The Kier molecular flexibility index (Phi) is 3.45. The van der Waals surface area contributed by atoms with Gasteiger partial charge in [0.05, 0.1) is 0 Å². The van der Waals surface area contributed by atoms with Crippen LogP contribution in [0.2, 0.25) is 0 Å². The minimum Gasteiger partial charge on any atom is -0.312 e. The Bertz CT molecular complexity index is 181. The van der Waals surface area contributed by atoms with Crippen molar-refractivity contribution < 1.29 is 0 Å². The maximum absolute atomic E-state index is 3.74. The van der Waals surface area contributed by atoms with Gasteiger partial charge in [0.25, 0.3) is 0 Å². The first-order valence-corrected chi connectivity index (χ1v) is 6.19. The Morgan fingerprint density at radius 2 is 2.14 bits per heavy atom. The first kappa shape index (κ1) is 10.4. The average molecular weight is 196 g/mol. The second kappa shape index (κ2) is 4.63. The van der Waals surface area contributed by atoms with Gasteiger partial charge >= 0.3 is 0 Å². The van der Waals surface area contributed by atoms with Crippen LogP contribution in [-0.4, -0.2) is 37.1 Å². The third-order valence-electron chi connectivity index (χ3n) is 4.01. The molecule has 2 nitrogen and oxygen atoms in total. The molecule has 82 valence electrons. The van der Waals surface area contributed by atoms with Crippen molar-refractivity contribution >= 4 is 0 Å². The van der Waals surface area contributed by atoms with E-state index >= 15 is 0 Å². The van der Waals surface area contributed by atoms with Gasteiger partial charge in [0, 0.05) is 18.6 Å². The number of likely N-dealkylation sites (tertiary alicyclic amines) is 1. The molecule has 1 N–H and O–H groups in total. The monoisotopic (exact) mass is 196 g/mol. The van der Waals surface area contributed by atoms with Gasteiger partial charge in [-0.3, -0.25) is 0 Å². The SMILES string of the molecule is CC1CCC(NCC2CCCN2C)C1. The van der Waals surface area contributed by atoms with Gasteiger partial charge in [0.15, 0.2) is 0 Å². The molecule has 14 heavy (non-hydrogen) atoms. The second-order valence-corrected chi connectivity index (χ2v) is 5.30. The summed E-state index contributed by atoms with van der Waals surface area (Å²) in [5.74, 6) is 0.953. The fourth-order valence-electron chi connectivity index (χ4n) is 2.93. The molecular weight excluding hydrogens is 172 g/mol. The molecule has 0 bridgehead atoms. The first-order valence-electron chi connectivity index (χ1n) is 6.19. The van der Waals surface area contributed by atoms with E-state index in [9.17, 15) is 0 Å². The van der Waals surface area contributed by atoms with Crippen LogP contribution in [-0.2, 0) is 0 Å². The van der Waals surface area contributed by atoms with E-state index < -0.39 is 0 Å². The van der Waals surface area contributed by atoms with Crippen LogP contribution in [0.4, 0.5) is 0 Å². The highest BCUT2D eigenvalue weighted by Gasteiger charge is 2.24. The Balaban J connectivity index is 1.67. The first-order chi connectivity index (χ1) is 6.75. The number of nitrogens with zero attached hydrogens (tertiary/aromatic N) is 1. The molecule has 0 spiro atoms. The third-order valence-corrected chi connectivity index (χ3v) is 4.01. The van der Waals surface area contributed by atoms with Gasteiger partial charge in [-0.15, -0.1) is 0 Å². The summed E-state index contributed by atoms with van der Waals surface area (Å²) in [7, 11) is 2.26. The quantitative estimate of drug-likeness (QED) is 0.741. The minimum absolute atomic E-state index is 0.811. The molecule has 0 aromatic heterocycles. The molecule has 3 unspecified atom stereocenters. The van der Waals surface area contributed by atoms with Crippen LogP contribution in [0.5, 0.6) is 0 Å². The largest absolute Gasteiger partial charge is 0.312 e. The van der Waals surface area contributed by atoms with Gasteiger partial charge in [-0.05, 0) is 51.6 Å². The summed E-state index contributed by atoms with van der Waals surface area (Å²) in [6.45, 7) is 4.89. The zero-order chi connectivity index (χ0) is 9.97. The highest BCUT2D eigenvalue weighted by molar-refractivity contribution is 4.83. The fraction of sp³-hybridized carbons (Fsp3) is 1.00. The Labute approximate surface area is 88.1 Å². The molecule has 2 aliphatic rings. The molecule has 1 aliphatic carbocycles. The summed E-state index contributed by atoms with van der Waals surface area (Å²) < 4.78 is 0. The van der Waals surface area contributed by atoms with E-state index in [1.54, 1.807) is 0 Å². The van der Waals surface area contributed by atoms with Crippen molar-refractivity contribution in [2.24, 2.45) is 5.92 Å². The lowest BCUT2D eigenvalue weighted by atomic mass is 10.1. The van der Waals surface area contributed by atoms with Gasteiger partial charge in [-0.25, -0.2) is 0 Å². The van der Waals surface area contributed by atoms with Crippen molar-refractivity contribution in [3.8, 4) is 0 Å². The lowest BCUT2D eigenvalue weighted by Crippen LogP contribution is -2.39. The summed E-state index contributed by atoms with van der Waals surface area (Å²) in [6, 6.07) is 1.63. The zero-order valence-electron chi connectivity index (χ0n) is 9.63. The fourth-order valence-corrected chi connectivity index (χ4v) is 2.93. The molecular formula is C12H24N2. The third kappa shape index (κ3) is 2.48. The van der Waals surface area contributed by atoms with Crippen LogP contribution in [0.3, 0.4) is 0 Å². The number of rotatable bonds is 3. The van der Waals surface area contributed by atoms with E-state index in [0.29, 0.717) is 0 Å². The van der Waals surface area contributed by atoms with Crippen molar-refractivity contribution in [1.82, 2.24) is 10.2 Å². The molecule has 1 heterocycles. The molecule has 2 fully saturated rings. The Hall–Kier alpha value is -0.0800. The van der Waals surface area contributed by atoms with Crippen LogP contribution in [0.15, 0.2) is 0 Å². The van der Waals surface area contributed by atoms with Gasteiger partial charge in [-0.1, -0.05) is 6.92 Å². The highest BCUT2D eigenvalue weighted by Crippen LogP contribution is 2.25. The lowest BCUT2D eigenvalue weighted by molar-refractivity contribution is 0.290. The molecule has 1 saturated heterocycles. The van der Waals surface area contributed by atoms with Crippen LogP contribution in [0, 0.1) is 5.92 Å². The second-order valence-electron chi connectivity index (χ2n) is 5.30. The van der Waals surface area contributed by atoms with E-state index in [1.807, 2.05) is 0 Å². The van der Waals surface area contributed by atoms with Crippen molar-refractivity contribution in [3.63, 3.8) is 0 Å². The summed E-state index contributed by atoms with van der Waals surface area (Å²) in [5, 5.41) is 3.74. The van der Waals surface area contributed by atoms with E-state index in [2.05, 4.69) is 24.2 Å². The number of hydrogen-bond donors (Lipinski definition) is 1. The van der Waals surface area contributed by atoms with E-state index in [1.165, 1.54) is 45.2 Å². The molecule has 0 amide bonds. The summed E-state index contributed by atoms with van der Waals surface area (Å²) in [6.07, 6.45) is 7.02. The molecule has 0 radical (unpaired) electrons. The van der Waals surface area contributed by atoms with Crippen LogP contribution >= 0.6 is 0 Å². The Morgan fingerprint density at radius 1 is 1.29 bits per heavy atom. The molecule has 0 aromatic rings. The summed E-state index contributed by atoms with van der Waals surface area (Å²) in [4.78, 5) is 2.51. The van der Waals surface area contributed by atoms with Crippen molar-refractivity contribution in [3.05, 3.63) is 0 Å². The van der Waals surface area contributed by atoms with Crippen molar-refractivity contribution in [2.75, 3.05) is 20.1 Å². The lowest BCUT2D eigenvalue weighted by Gasteiger charge is -2.22. The van der Waals surface area contributed by atoms with Crippen LogP contribution < -0.4 is 5.32 Å². The molecule has 3 atom stereocenters. The van der Waals surface area contributed by atoms with Gasteiger partial charge in [0.2, 0.25) is 0 Å². The maximum atomic E-state index is 3.74.